The van der Waals surface area contributed by atoms with Gasteiger partial charge in [-0.1, -0.05) is 55.1 Å². The van der Waals surface area contributed by atoms with Gasteiger partial charge in [-0.05, 0) is 29.2 Å². The Morgan fingerprint density at radius 2 is 1.59 bits per heavy atom. The van der Waals surface area contributed by atoms with Crippen LogP contribution in [0.25, 0.3) is 5.57 Å². The van der Waals surface area contributed by atoms with E-state index in [2.05, 4.69) is 6.58 Å². The molecule has 84 valence electrons. The minimum Gasteiger partial charge on any atom is -0.298 e. The second-order valence-electron chi connectivity index (χ2n) is 4.00. The molecule has 0 fully saturated rings. The lowest BCUT2D eigenvalue weighted by atomic mass is 9.93. The first-order chi connectivity index (χ1) is 8.24. The summed E-state index contributed by atoms with van der Waals surface area (Å²) in [4.78, 5) is 11.0. The third-order valence-electron chi connectivity index (χ3n) is 2.88. The van der Waals surface area contributed by atoms with Gasteiger partial charge in [0, 0.05) is 5.56 Å². The van der Waals surface area contributed by atoms with Crippen molar-refractivity contribution in [2.24, 2.45) is 0 Å². The number of hydrogen-bond acceptors (Lipinski definition) is 1. The van der Waals surface area contributed by atoms with Gasteiger partial charge in [-0.15, -0.1) is 0 Å². The molecule has 0 aromatic heterocycles. The van der Waals surface area contributed by atoms with E-state index in [4.69, 9.17) is 0 Å². The zero-order valence-electron chi connectivity index (χ0n) is 9.81. The maximum atomic E-state index is 11.0. The van der Waals surface area contributed by atoms with Crippen molar-refractivity contribution in [3.63, 3.8) is 0 Å². The van der Waals surface area contributed by atoms with Crippen LogP contribution in [0.2, 0.25) is 0 Å². The monoisotopic (exact) mass is 222 g/mol. The average molecular weight is 222 g/mol. The van der Waals surface area contributed by atoms with Gasteiger partial charge in [0.25, 0.3) is 0 Å². The van der Waals surface area contributed by atoms with Crippen LogP contribution in [0.3, 0.4) is 0 Å². The summed E-state index contributed by atoms with van der Waals surface area (Å²) in [6.07, 6.45) is 0.874. The molecule has 17 heavy (non-hydrogen) atoms. The fourth-order valence-corrected chi connectivity index (χ4v) is 1.93. The zero-order valence-corrected chi connectivity index (χ0v) is 9.81. The maximum Gasteiger partial charge on any atom is 0.150 e. The van der Waals surface area contributed by atoms with Crippen LogP contribution in [-0.4, -0.2) is 6.29 Å². The van der Waals surface area contributed by atoms with Crippen molar-refractivity contribution in [3.05, 3.63) is 77.4 Å². The molecule has 2 rings (SSSR count). The highest BCUT2D eigenvalue weighted by atomic mass is 16.1. The summed E-state index contributed by atoms with van der Waals surface area (Å²) in [5, 5.41) is 0. The van der Waals surface area contributed by atoms with Gasteiger partial charge in [-0.3, -0.25) is 4.79 Å². The predicted molar refractivity (Wildman–Crippen MR) is 71.1 cm³/mol. The number of aldehydes is 1. The van der Waals surface area contributed by atoms with Crippen LogP contribution in [0.15, 0.2) is 55.1 Å². The Labute approximate surface area is 101 Å². The molecule has 0 amide bonds. The highest BCUT2D eigenvalue weighted by Crippen LogP contribution is 2.26. The molecule has 0 unspecified atom stereocenters. The van der Waals surface area contributed by atoms with E-state index in [0.717, 1.165) is 23.0 Å². The first kappa shape index (κ1) is 11.3. The van der Waals surface area contributed by atoms with Crippen LogP contribution in [0, 0.1) is 6.92 Å². The van der Waals surface area contributed by atoms with Gasteiger partial charge in [0.05, 0.1) is 0 Å². The van der Waals surface area contributed by atoms with Gasteiger partial charge in [0.1, 0.15) is 0 Å². The summed E-state index contributed by atoms with van der Waals surface area (Å²) < 4.78 is 0. The number of aryl methyl sites for hydroxylation is 1. The Morgan fingerprint density at radius 1 is 1.00 bits per heavy atom. The lowest BCUT2D eigenvalue weighted by molar-refractivity contribution is 0.112. The molecule has 0 radical (unpaired) electrons. The topological polar surface area (TPSA) is 17.1 Å². The Bertz CT molecular complexity index is 567. The lowest BCUT2D eigenvalue weighted by Gasteiger charge is -2.11. The van der Waals surface area contributed by atoms with Crippen LogP contribution >= 0.6 is 0 Å². The second kappa shape index (κ2) is 4.79. The highest BCUT2D eigenvalue weighted by molar-refractivity contribution is 5.90. The van der Waals surface area contributed by atoms with E-state index in [1.54, 1.807) is 0 Å². The molecule has 0 heterocycles. The third-order valence-corrected chi connectivity index (χ3v) is 2.88. The van der Waals surface area contributed by atoms with Crippen LogP contribution < -0.4 is 0 Å². The largest absolute Gasteiger partial charge is 0.298 e. The molecule has 1 nitrogen and oxygen atoms in total. The minimum atomic E-state index is 0.681. The molecule has 0 bridgehead atoms. The molecule has 0 aliphatic rings. The van der Waals surface area contributed by atoms with E-state index in [1.807, 2.05) is 55.5 Å². The lowest BCUT2D eigenvalue weighted by Crippen LogP contribution is -1.94. The predicted octanol–water partition coefficient (Wildman–Crippen LogP) is 3.87. The number of benzene rings is 2. The molecular weight excluding hydrogens is 208 g/mol. The average Bonchev–Trinajstić information content (AvgIpc) is 2.38. The van der Waals surface area contributed by atoms with Crippen LogP contribution in [0.4, 0.5) is 0 Å². The third kappa shape index (κ3) is 2.18. The SMILES string of the molecule is C=C(c1ccccc1C)c1ccccc1C=O. The van der Waals surface area contributed by atoms with Crippen LogP contribution in [0.1, 0.15) is 27.0 Å². The van der Waals surface area contributed by atoms with E-state index in [9.17, 15) is 4.79 Å². The van der Waals surface area contributed by atoms with E-state index >= 15 is 0 Å². The molecule has 0 saturated heterocycles. The van der Waals surface area contributed by atoms with Gasteiger partial charge in [0.15, 0.2) is 6.29 Å². The summed E-state index contributed by atoms with van der Waals surface area (Å²) in [6, 6.07) is 15.6. The van der Waals surface area contributed by atoms with Crippen molar-refractivity contribution in [1.29, 1.82) is 0 Å². The molecule has 0 atom stereocenters. The first-order valence-electron chi connectivity index (χ1n) is 5.53. The van der Waals surface area contributed by atoms with Crippen molar-refractivity contribution in [1.82, 2.24) is 0 Å². The highest BCUT2D eigenvalue weighted by Gasteiger charge is 2.08. The van der Waals surface area contributed by atoms with E-state index in [0.29, 0.717) is 5.56 Å². The molecule has 0 aliphatic carbocycles. The first-order valence-corrected chi connectivity index (χ1v) is 5.53. The Balaban J connectivity index is 2.51. The van der Waals surface area contributed by atoms with Gasteiger partial charge < -0.3 is 0 Å². The Hall–Kier alpha value is -2.15. The molecule has 0 N–H and O–H groups in total. The Morgan fingerprint density at radius 3 is 2.24 bits per heavy atom. The Kier molecular flexibility index (Phi) is 3.20. The molecule has 0 spiro atoms. The summed E-state index contributed by atoms with van der Waals surface area (Å²) in [5.41, 5.74) is 4.73. The van der Waals surface area contributed by atoms with E-state index in [-0.39, 0.29) is 0 Å². The molecule has 0 saturated carbocycles. The quantitative estimate of drug-likeness (QED) is 0.720. The van der Waals surface area contributed by atoms with Crippen LogP contribution in [-0.2, 0) is 0 Å². The number of carbonyl (C=O) groups is 1. The molecule has 0 aliphatic heterocycles. The molecular formula is C16H14O. The van der Waals surface area contributed by atoms with Gasteiger partial charge in [0.2, 0.25) is 0 Å². The number of rotatable bonds is 3. The van der Waals surface area contributed by atoms with Crippen molar-refractivity contribution < 1.29 is 4.79 Å². The van der Waals surface area contributed by atoms with Crippen molar-refractivity contribution in [3.8, 4) is 0 Å². The summed E-state index contributed by atoms with van der Waals surface area (Å²) in [7, 11) is 0. The smallest absolute Gasteiger partial charge is 0.150 e. The fraction of sp³-hybridized carbons (Fsp3) is 0.0625. The van der Waals surface area contributed by atoms with Gasteiger partial charge in [-0.2, -0.15) is 0 Å². The summed E-state index contributed by atoms with van der Waals surface area (Å²) >= 11 is 0. The fourth-order valence-electron chi connectivity index (χ4n) is 1.93. The number of carbonyl (C=O) groups excluding carboxylic acids is 1. The van der Waals surface area contributed by atoms with E-state index < -0.39 is 0 Å². The van der Waals surface area contributed by atoms with Crippen molar-refractivity contribution in [2.45, 2.75) is 6.92 Å². The summed E-state index contributed by atoms with van der Waals surface area (Å²) in [5.74, 6) is 0. The minimum absolute atomic E-state index is 0.681. The van der Waals surface area contributed by atoms with Gasteiger partial charge >= 0.3 is 0 Å². The standard InChI is InChI=1S/C16H14O/c1-12-7-3-5-9-15(12)13(2)16-10-6-4-8-14(16)11-17/h3-11H,2H2,1H3. The number of hydrogen-bond donors (Lipinski definition) is 0. The normalized spacial score (nSPS) is 9.94. The van der Waals surface area contributed by atoms with Gasteiger partial charge in [-0.25, -0.2) is 0 Å². The van der Waals surface area contributed by atoms with Crippen LogP contribution in [0.5, 0.6) is 0 Å². The molecule has 2 aromatic rings. The second-order valence-corrected chi connectivity index (χ2v) is 4.00. The van der Waals surface area contributed by atoms with E-state index in [1.165, 1.54) is 5.56 Å². The summed E-state index contributed by atoms with van der Waals surface area (Å²) in [6.45, 7) is 6.15. The molecule has 1 heteroatoms. The molecule has 2 aromatic carbocycles. The maximum absolute atomic E-state index is 11.0. The zero-order chi connectivity index (χ0) is 12.3. The van der Waals surface area contributed by atoms with Crippen molar-refractivity contribution >= 4 is 11.9 Å². The van der Waals surface area contributed by atoms with Crippen molar-refractivity contribution in [2.75, 3.05) is 0 Å².